The highest BCUT2D eigenvalue weighted by atomic mass is 32.2. The summed E-state index contributed by atoms with van der Waals surface area (Å²) in [6.45, 7) is 0.457. The highest BCUT2D eigenvalue weighted by Gasteiger charge is 2.30. The van der Waals surface area contributed by atoms with Gasteiger partial charge in [0.15, 0.2) is 5.03 Å². The Bertz CT molecular complexity index is 824. The molecule has 2 aromatic rings. The molecule has 120 valence electrons. The number of hydrogen-bond acceptors (Lipinski definition) is 6. The minimum absolute atomic E-state index is 0.266. The van der Waals surface area contributed by atoms with Crippen LogP contribution in [0.4, 0.5) is 5.69 Å². The lowest BCUT2D eigenvalue weighted by molar-refractivity contribution is -0.123. The average molecular weight is 332 g/mol. The molecule has 0 bridgehead atoms. The molecular weight excluding hydrogens is 316 g/mol. The molecule has 0 fully saturated rings. The molecule has 0 radical (unpaired) electrons. The van der Waals surface area contributed by atoms with Crippen LogP contribution in [-0.2, 0) is 21.2 Å². The van der Waals surface area contributed by atoms with E-state index in [0.717, 1.165) is 17.4 Å². The Balaban J connectivity index is 1.78. The predicted molar refractivity (Wildman–Crippen MR) is 84.3 cm³/mol. The van der Waals surface area contributed by atoms with Gasteiger partial charge in [0.1, 0.15) is 0 Å². The maximum atomic E-state index is 12.4. The first-order valence-electron chi connectivity index (χ1n) is 7.09. The van der Waals surface area contributed by atoms with Crippen LogP contribution in [0, 0.1) is 5.92 Å². The smallest absolute Gasteiger partial charge is 0.283 e. The number of anilines is 1. The van der Waals surface area contributed by atoms with Crippen molar-refractivity contribution >= 4 is 21.6 Å². The third-order valence-corrected chi connectivity index (χ3v) is 5.02. The van der Waals surface area contributed by atoms with Crippen LogP contribution < -0.4 is 9.62 Å². The lowest BCUT2D eigenvalue weighted by atomic mass is 9.92. The van der Waals surface area contributed by atoms with E-state index < -0.39 is 21.8 Å². The van der Waals surface area contributed by atoms with Crippen molar-refractivity contribution in [3.63, 3.8) is 0 Å². The van der Waals surface area contributed by atoms with Crippen molar-refractivity contribution < 1.29 is 13.2 Å². The molecule has 0 spiro atoms. The SMILES string of the molecule is CN1C[C@@H](C(=O)NS(=O)(=O)c2cnccn2)Cc2ccccc21. The van der Waals surface area contributed by atoms with Crippen LogP contribution in [0.15, 0.2) is 47.9 Å². The Hall–Kier alpha value is -2.48. The van der Waals surface area contributed by atoms with Gasteiger partial charge in [-0.15, -0.1) is 0 Å². The number of hydrogen-bond donors (Lipinski definition) is 1. The van der Waals surface area contributed by atoms with Crippen LogP contribution in [0.2, 0.25) is 0 Å². The van der Waals surface area contributed by atoms with E-state index in [2.05, 4.69) is 14.7 Å². The summed E-state index contributed by atoms with van der Waals surface area (Å²) in [5, 5.41) is -0.266. The summed E-state index contributed by atoms with van der Waals surface area (Å²) in [6.07, 6.45) is 4.25. The minimum Gasteiger partial charge on any atom is -0.374 e. The molecular formula is C15H16N4O3S. The third kappa shape index (κ3) is 3.16. The summed E-state index contributed by atoms with van der Waals surface area (Å²) >= 11 is 0. The van der Waals surface area contributed by atoms with E-state index in [1.807, 2.05) is 36.2 Å². The number of rotatable bonds is 3. The average Bonchev–Trinajstić information content (AvgIpc) is 2.55. The number of carbonyl (C=O) groups is 1. The van der Waals surface area contributed by atoms with Gasteiger partial charge in [-0.2, -0.15) is 8.42 Å². The molecule has 1 N–H and O–H groups in total. The van der Waals surface area contributed by atoms with Crippen molar-refractivity contribution in [2.24, 2.45) is 5.92 Å². The molecule has 23 heavy (non-hydrogen) atoms. The van der Waals surface area contributed by atoms with Crippen LogP contribution in [0.25, 0.3) is 0 Å². The first-order chi connectivity index (χ1) is 11.0. The highest BCUT2D eigenvalue weighted by molar-refractivity contribution is 7.90. The summed E-state index contributed by atoms with van der Waals surface area (Å²) in [4.78, 5) is 21.8. The molecule has 0 saturated heterocycles. The fraction of sp³-hybridized carbons (Fsp3) is 0.267. The number of carbonyl (C=O) groups excluding carboxylic acids is 1. The van der Waals surface area contributed by atoms with E-state index in [-0.39, 0.29) is 5.03 Å². The number of nitrogens with one attached hydrogen (secondary N) is 1. The fourth-order valence-electron chi connectivity index (χ4n) is 2.68. The molecule has 3 rings (SSSR count). The van der Waals surface area contributed by atoms with Gasteiger partial charge in [-0.25, -0.2) is 9.71 Å². The first-order valence-corrected chi connectivity index (χ1v) is 8.57. The van der Waals surface area contributed by atoms with E-state index in [9.17, 15) is 13.2 Å². The number of fused-ring (bicyclic) bond motifs is 1. The molecule has 1 atom stereocenters. The Morgan fingerprint density at radius 1 is 1.30 bits per heavy atom. The van der Waals surface area contributed by atoms with Crippen molar-refractivity contribution in [3.05, 3.63) is 48.4 Å². The van der Waals surface area contributed by atoms with Gasteiger partial charge in [0.05, 0.1) is 12.1 Å². The molecule has 0 saturated carbocycles. The topological polar surface area (TPSA) is 92.3 Å². The summed E-state index contributed by atoms with van der Waals surface area (Å²) in [5.74, 6) is -0.974. The molecule has 1 amide bonds. The van der Waals surface area contributed by atoms with E-state index >= 15 is 0 Å². The molecule has 1 aliphatic heterocycles. The van der Waals surface area contributed by atoms with Crippen LogP contribution >= 0.6 is 0 Å². The minimum atomic E-state index is -4.00. The van der Waals surface area contributed by atoms with Crippen molar-refractivity contribution in [3.8, 4) is 0 Å². The number of aromatic nitrogens is 2. The van der Waals surface area contributed by atoms with Crippen molar-refractivity contribution in [1.82, 2.24) is 14.7 Å². The molecule has 2 heterocycles. The van der Waals surface area contributed by atoms with Crippen molar-refractivity contribution in [1.29, 1.82) is 0 Å². The first kappa shape index (κ1) is 15.4. The second-order valence-corrected chi connectivity index (χ2v) is 7.05. The zero-order chi connectivity index (χ0) is 16.4. The molecule has 1 aromatic heterocycles. The molecule has 8 heteroatoms. The summed E-state index contributed by atoms with van der Waals surface area (Å²) in [5.41, 5.74) is 2.09. The van der Waals surface area contributed by atoms with Gasteiger partial charge in [-0.05, 0) is 18.1 Å². The normalized spacial score (nSPS) is 17.4. The lowest BCUT2D eigenvalue weighted by Gasteiger charge is -2.32. The van der Waals surface area contributed by atoms with Crippen molar-refractivity contribution in [2.45, 2.75) is 11.4 Å². The monoisotopic (exact) mass is 332 g/mol. The molecule has 7 nitrogen and oxygen atoms in total. The van der Waals surface area contributed by atoms with Gasteiger partial charge < -0.3 is 4.90 Å². The number of nitrogens with zero attached hydrogens (tertiary/aromatic N) is 3. The zero-order valence-electron chi connectivity index (χ0n) is 12.5. The van der Waals surface area contributed by atoms with Gasteiger partial charge in [0, 0.05) is 31.7 Å². The fourth-order valence-corrected chi connectivity index (χ4v) is 3.62. The summed E-state index contributed by atoms with van der Waals surface area (Å²) < 4.78 is 26.4. The van der Waals surface area contributed by atoms with Gasteiger partial charge in [-0.1, -0.05) is 18.2 Å². The molecule has 1 aliphatic rings. The van der Waals surface area contributed by atoms with Gasteiger partial charge in [0.2, 0.25) is 5.91 Å². The van der Waals surface area contributed by atoms with Crippen LogP contribution in [0.3, 0.4) is 0 Å². The van der Waals surface area contributed by atoms with Crippen molar-refractivity contribution in [2.75, 3.05) is 18.5 Å². The predicted octanol–water partition coefficient (Wildman–Crippen LogP) is 0.590. The molecule has 0 aliphatic carbocycles. The second kappa shape index (κ2) is 5.96. The summed E-state index contributed by atoms with van der Waals surface area (Å²) in [6, 6.07) is 7.78. The summed E-state index contributed by atoms with van der Waals surface area (Å²) in [7, 11) is -2.11. The molecule has 1 aromatic carbocycles. The van der Waals surface area contributed by atoms with Crippen LogP contribution in [0.1, 0.15) is 5.56 Å². The lowest BCUT2D eigenvalue weighted by Crippen LogP contribution is -2.44. The Kier molecular flexibility index (Phi) is 3.99. The molecule has 0 unspecified atom stereocenters. The quantitative estimate of drug-likeness (QED) is 0.884. The largest absolute Gasteiger partial charge is 0.374 e. The standard InChI is InChI=1S/C15H16N4O3S/c1-19-10-12(8-11-4-2-3-5-13(11)19)15(20)18-23(21,22)14-9-16-6-7-17-14/h2-7,9,12H,8,10H2,1H3,(H,18,20)/t12-/m0/s1. The van der Waals surface area contributed by atoms with Gasteiger partial charge in [0.25, 0.3) is 10.0 Å². The highest BCUT2D eigenvalue weighted by Crippen LogP contribution is 2.28. The Morgan fingerprint density at radius 2 is 2.09 bits per heavy atom. The van der Waals surface area contributed by atoms with Crippen LogP contribution in [0.5, 0.6) is 0 Å². The van der Waals surface area contributed by atoms with E-state index in [1.54, 1.807) is 0 Å². The third-order valence-electron chi connectivity index (χ3n) is 3.78. The second-order valence-electron chi connectivity index (χ2n) is 5.42. The number of benzene rings is 1. The number of amides is 1. The maximum Gasteiger partial charge on any atom is 0.283 e. The van der Waals surface area contributed by atoms with Gasteiger partial charge in [-0.3, -0.25) is 9.78 Å². The number of para-hydroxylation sites is 1. The van der Waals surface area contributed by atoms with E-state index in [1.165, 1.54) is 12.4 Å². The Morgan fingerprint density at radius 3 is 2.83 bits per heavy atom. The van der Waals surface area contributed by atoms with E-state index in [4.69, 9.17) is 0 Å². The van der Waals surface area contributed by atoms with Crippen LogP contribution in [-0.4, -0.2) is 37.9 Å². The van der Waals surface area contributed by atoms with Gasteiger partial charge >= 0.3 is 0 Å². The zero-order valence-corrected chi connectivity index (χ0v) is 13.3. The Labute approximate surface area is 134 Å². The number of sulfonamides is 1. The maximum absolute atomic E-state index is 12.4. The van der Waals surface area contributed by atoms with E-state index in [0.29, 0.717) is 13.0 Å².